The number of benzene rings is 1. The highest BCUT2D eigenvalue weighted by Gasteiger charge is 2.48. The summed E-state index contributed by atoms with van der Waals surface area (Å²) < 4.78 is 11.6. The number of alkyl halides is 1. The molecule has 0 aromatic heterocycles. The highest BCUT2D eigenvalue weighted by Crippen LogP contribution is 2.49. The van der Waals surface area contributed by atoms with Crippen LogP contribution in [0.2, 0.25) is 18.1 Å². The van der Waals surface area contributed by atoms with Crippen molar-refractivity contribution < 1.29 is 18.8 Å². The molecular weight excluding hydrogens is 440 g/mol. The lowest BCUT2D eigenvalue weighted by atomic mass is 9.85. The number of methoxy groups -OCH3 is 1. The summed E-state index contributed by atoms with van der Waals surface area (Å²) in [7, 11) is -0.542. The quantitative estimate of drug-likeness (QED) is 0.0916. The minimum Gasteiger partial charge on any atom is -0.469 e. The van der Waals surface area contributed by atoms with Gasteiger partial charge in [0.05, 0.1) is 13.2 Å². The summed E-state index contributed by atoms with van der Waals surface area (Å²) in [5.74, 6) is 0.275. The van der Waals surface area contributed by atoms with Crippen molar-refractivity contribution in [2.75, 3.05) is 7.11 Å². The molecule has 1 aromatic carbocycles. The number of halogens is 1. The van der Waals surface area contributed by atoms with Gasteiger partial charge in [-0.25, -0.2) is 0 Å². The normalized spacial score (nSPS) is 24.1. The van der Waals surface area contributed by atoms with E-state index in [1.165, 1.54) is 12.7 Å². The van der Waals surface area contributed by atoms with Crippen molar-refractivity contribution >= 4 is 32.2 Å². The monoisotopic (exact) mass is 478 g/mol. The Balaban J connectivity index is 2.18. The van der Waals surface area contributed by atoms with E-state index in [0.717, 1.165) is 32.0 Å². The van der Waals surface area contributed by atoms with Gasteiger partial charge in [-0.15, -0.1) is 11.6 Å². The molecule has 6 heteroatoms. The number of carbonyl (C=O) groups is 2. The van der Waals surface area contributed by atoms with Gasteiger partial charge in [0, 0.05) is 23.3 Å². The fourth-order valence-corrected chi connectivity index (χ4v) is 5.90. The van der Waals surface area contributed by atoms with Gasteiger partial charge in [0.15, 0.2) is 8.32 Å². The van der Waals surface area contributed by atoms with Gasteiger partial charge in [0.2, 0.25) is 0 Å². The van der Waals surface area contributed by atoms with E-state index in [2.05, 4.69) is 58.2 Å². The number of hydrogen-bond acceptors (Lipinski definition) is 4. The molecule has 0 radical (unpaired) electrons. The maximum Gasteiger partial charge on any atom is 0.305 e. The van der Waals surface area contributed by atoms with Crippen molar-refractivity contribution in [3.8, 4) is 0 Å². The van der Waals surface area contributed by atoms with E-state index in [0.29, 0.717) is 12.0 Å². The third kappa shape index (κ3) is 7.03. The highest BCUT2D eigenvalue weighted by molar-refractivity contribution is 6.74. The van der Waals surface area contributed by atoms with E-state index >= 15 is 0 Å². The Labute approximate surface area is 199 Å². The van der Waals surface area contributed by atoms with Crippen LogP contribution < -0.4 is 0 Å². The minimum absolute atomic E-state index is 0.0280. The van der Waals surface area contributed by atoms with Crippen molar-refractivity contribution in [3.05, 3.63) is 47.5 Å². The molecule has 0 aliphatic heterocycles. The van der Waals surface area contributed by atoms with Gasteiger partial charge in [-0.3, -0.25) is 9.59 Å². The Morgan fingerprint density at radius 3 is 2.41 bits per heavy atom. The van der Waals surface area contributed by atoms with Crippen molar-refractivity contribution in [1.29, 1.82) is 0 Å². The molecule has 0 amide bonds. The van der Waals surface area contributed by atoms with Gasteiger partial charge >= 0.3 is 5.97 Å². The molecular formula is C26H39ClO4Si. The van der Waals surface area contributed by atoms with Crippen LogP contribution in [0.1, 0.15) is 74.7 Å². The van der Waals surface area contributed by atoms with E-state index < -0.39 is 8.32 Å². The van der Waals surface area contributed by atoms with Crippen LogP contribution in [0.5, 0.6) is 0 Å². The number of ether oxygens (including phenoxy) is 1. The van der Waals surface area contributed by atoms with E-state index in [9.17, 15) is 9.59 Å². The van der Waals surface area contributed by atoms with Gasteiger partial charge in [-0.2, -0.15) is 0 Å². The molecule has 0 N–H and O–H groups in total. The fraction of sp³-hybridized carbons (Fsp3) is 0.615. The molecule has 0 spiro atoms. The van der Waals surface area contributed by atoms with Gasteiger partial charge in [-0.05, 0) is 55.3 Å². The van der Waals surface area contributed by atoms with Gasteiger partial charge < -0.3 is 9.16 Å². The van der Waals surface area contributed by atoms with Crippen LogP contribution in [0.4, 0.5) is 0 Å². The molecule has 2 rings (SSSR count). The van der Waals surface area contributed by atoms with Gasteiger partial charge in [0.25, 0.3) is 0 Å². The summed E-state index contributed by atoms with van der Waals surface area (Å²) in [4.78, 5) is 22.4. The summed E-state index contributed by atoms with van der Waals surface area (Å²) in [6.45, 7) is 11.4. The second kappa shape index (κ2) is 11.6. The first-order chi connectivity index (χ1) is 15.0. The number of allylic oxidation sites excluding steroid dienone is 2. The molecule has 0 saturated heterocycles. The summed E-state index contributed by atoms with van der Waals surface area (Å²) in [6, 6.07) is 7.87. The number of unbranched alkanes of at least 4 members (excludes halogenated alkanes) is 1. The predicted octanol–water partition coefficient (Wildman–Crippen LogP) is 6.89. The summed E-state index contributed by atoms with van der Waals surface area (Å²) in [6.07, 6.45) is 9.04. The number of rotatable bonds is 10. The van der Waals surface area contributed by atoms with Crippen LogP contribution in [0.15, 0.2) is 36.4 Å². The molecule has 1 aliphatic carbocycles. The summed E-state index contributed by atoms with van der Waals surface area (Å²) in [5.41, 5.74) is 1.87. The first-order valence-corrected chi connectivity index (χ1v) is 14.9. The lowest BCUT2D eigenvalue weighted by Gasteiger charge is -2.40. The standard InChI is InChI=1S/C26H39ClO4Si/c1-26(2,3)32(5,6)31-23-17-22(27)21(11-9-7-8-10-12-24(29)30-4)25(23)20-15-13-19(18-28)14-16-20/h7,9,13-16,18,21-23,25H,8,10-12,17H2,1-6H3/b9-7-/t21-,22+,23+,25+/m0/s1. The van der Waals surface area contributed by atoms with Gasteiger partial charge in [0.1, 0.15) is 6.29 Å². The zero-order chi connectivity index (χ0) is 23.9. The number of esters is 1. The van der Waals surface area contributed by atoms with Crippen LogP contribution in [0, 0.1) is 5.92 Å². The maximum absolute atomic E-state index is 11.3. The van der Waals surface area contributed by atoms with E-state index in [4.69, 9.17) is 20.8 Å². The molecule has 1 aliphatic rings. The molecule has 0 unspecified atom stereocenters. The third-order valence-electron chi connectivity index (χ3n) is 7.05. The zero-order valence-electron chi connectivity index (χ0n) is 20.4. The summed E-state index contributed by atoms with van der Waals surface area (Å²) in [5, 5.41) is 0.151. The average Bonchev–Trinajstić information content (AvgIpc) is 3.03. The lowest BCUT2D eigenvalue weighted by molar-refractivity contribution is -0.140. The van der Waals surface area contributed by atoms with Crippen LogP contribution >= 0.6 is 11.6 Å². The number of carbonyl (C=O) groups excluding carboxylic acids is 2. The molecule has 1 fully saturated rings. The van der Waals surface area contributed by atoms with E-state index in [1.54, 1.807) is 0 Å². The average molecular weight is 479 g/mol. The fourth-order valence-electron chi connectivity index (χ4n) is 4.11. The predicted molar refractivity (Wildman–Crippen MR) is 134 cm³/mol. The molecule has 0 heterocycles. The molecule has 32 heavy (non-hydrogen) atoms. The van der Waals surface area contributed by atoms with Crippen LogP contribution in [-0.2, 0) is 14.0 Å². The molecule has 178 valence electrons. The third-order valence-corrected chi connectivity index (χ3v) is 12.1. The Kier molecular flexibility index (Phi) is 9.74. The Morgan fingerprint density at radius 2 is 1.84 bits per heavy atom. The molecule has 4 nitrogen and oxygen atoms in total. The zero-order valence-corrected chi connectivity index (χ0v) is 22.2. The lowest BCUT2D eigenvalue weighted by Crippen LogP contribution is -2.44. The molecule has 0 bridgehead atoms. The van der Waals surface area contributed by atoms with Crippen LogP contribution in [0.3, 0.4) is 0 Å². The highest BCUT2D eigenvalue weighted by atomic mass is 35.5. The topological polar surface area (TPSA) is 52.6 Å². The first-order valence-electron chi connectivity index (χ1n) is 11.6. The smallest absolute Gasteiger partial charge is 0.305 e. The van der Waals surface area contributed by atoms with E-state index in [-0.39, 0.29) is 34.3 Å². The van der Waals surface area contributed by atoms with Crippen molar-refractivity contribution in [2.45, 2.75) is 88.4 Å². The largest absolute Gasteiger partial charge is 0.469 e. The molecule has 1 aromatic rings. The van der Waals surface area contributed by atoms with Crippen molar-refractivity contribution in [3.63, 3.8) is 0 Å². The number of aldehydes is 1. The van der Waals surface area contributed by atoms with Crippen molar-refractivity contribution in [1.82, 2.24) is 0 Å². The molecule has 1 saturated carbocycles. The Hall–Kier alpha value is -1.43. The second-order valence-electron chi connectivity index (χ2n) is 10.3. The minimum atomic E-state index is -1.96. The molecule has 4 atom stereocenters. The maximum atomic E-state index is 11.3. The number of hydrogen-bond donors (Lipinski definition) is 0. The van der Waals surface area contributed by atoms with Crippen LogP contribution in [0.25, 0.3) is 0 Å². The SMILES string of the molecule is COC(=O)CCC/C=C\C[C@@H]1[C@@H](c2ccc(C=O)cc2)[C@H](O[Si](C)(C)C(C)(C)C)C[C@H]1Cl. The second-order valence-corrected chi connectivity index (χ2v) is 15.6. The van der Waals surface area contributed by atoms with E-state index in [1.807, 2.05) is 12.1 Å². The Bertz CT molecular complexity index is 782. The van der Waals surface area contributed by atoms with Gasteiger partial charge in [-0.1, -0.05) is 57.2 Å². The Morgan fingerprint density at radius 1 is 1.19 bits per heavy atom. The van der Waals surface area contributed by atoms with Crippen LogP contribution in [-0.4, -0.2) is 39.2 Å². The summed E-state index contributed by atoms with van der Waals surface area (Å²) >= 11 is 6.90. The van der Waals surface area contributed by atoms with Crippen molar-refractivity contribution in [2.24, 2.45) is 5.92 Å². The first kappa shape index (κ1) is 26.8.